The number of nitrogens with one attached hydrogen (secondary N) is 3. The Morgan fingerprint density at radius 3 is 1.90 bits per heavy atom. The van der Waals surface area contributed by atoms with Crippen molar-refractivity contribution in [2.75, 3.05) is 6.54 Å². The van der Waals surface area contributed by atoms with Gasteiger partial charge in [0.2, 0.25) is 17.7 Å². The summed E-state index contributed by atoms with van der Waals surface area (Å²) >= 11 is 0. The number of aliphatic carboxylic acids is 3. The van der Waals surface area contributed by atoms with E-state index in [0.29, 0.717) is 6.42 Å². The number of carbonyl (C=O) groups is 6. The minimum atomic E-state index is -1.71. The Balaban J connectivity index is 5.47. The zero-order valence-corrected chi connectivity index (χ0v) is 16.7. The van der Waals surface area contributed by atoms with Crippen LogP contribution in [0.15, 0.2) is 0 Å². The summed E-state index contributed by atoms with van der Waals surface area (Å²) in [6.07, 6.45) is -1.18. The van der Waals surface area contributed by atoms with E-state index < -0.39 is 79.1 Å². The summed E-state index contributed by atoms with van der Waals surface area (Å²) in [5, 5.41) is 33.4. The van der Waals surface area contributed by atoms with E-state index in [9.17, 15) is 28.8 Å². The summed E-state index contributed by atoms with van der Waals surface area (Å²) < 4.78 is 0. The van der Waals surface area contributed by atoms with Crippen molar-refractivity contribution in [1.82, 2.24) is 16.0 Å². The fourth-order valence-corrected chi connectivity index (χ4v) is 2.38. The molecule has 4 unspecified atom stereocenters. The van der Waals surface area contributed by atoms with Crippen LogP contribution in [-0.4, -0.2) is 75.6 Å². The van der Waals surface area contributed by atoms with Crippen LogP contribution in [0.1, 0.15) is 39.5 Å². The van der Waals surface area contributed by atoms with Crippen molar-refractivity contribution in [3.05, 3.63) is 0 Å². The van der Waals surface area contributed by atoms with Crippen molar-refractivity contribution < 1.29 is 44.1 Å². The first-order valence-corrected chi connectivity index (χ1v) is 9.19. The second-order valence-electron chi connectivity index (χ2n) is 6.63. The van der Waals surface area contributed by atoms with Crippen LogP contribution in [0, 0.1) is 5.92 Å². The number of nitrogens with two attached hydrogens (primary N) is 1. The van der Waals surface area contributed by atoms with Gasteiger partial charge in [0.05, 0.1) is 13.0 Å². The molecule has 0 bridgehead atoms. The molecule has 8 N–H and O–H groups in total. The fourth-order valence-electron chi connectivity index (χ4n) is 2.38. The van der Waals surface area contributed by atoms with Crippen molar-refractivity contribution in [3.8, 4) is 0 Å². The smallest absolute Gasteiger partial charge is 0.326 e. The molecule has 3 amide bonds. The van der Waals surface area contributed by atoms with Crippen LogP contribution in [0.5, 0.6) is 0 Å². The van der Waals surface area contributed by atoms with Crippen molar-refractivity contribution in [2.24, 2.45) is 11.7 Å². The Labute approximate surface area is 172 Å². The number of carboxylic acids is 3. The van der Waals surface area contributed by atoms with Gasteiger partial charge in [-0.05, 0) is 12.3 Å². The van der Waals surface area contributed by atoms with Gasteiger partial charge in [-0.1, -0.05) is 20.3 Å². The quantitative estimate of drug-likeness (QED) is 0.158. The zero-order chi connectivity index (χ0) is 23.4. The summed E-state index contributed by atoms with van der Waals surface area (Å²) in [5.74, 6) is -7.18. The zero-order valence-electron chi connectivity index (χ0n) is 16.7. The molecule has 0 saturated carbocycles. The molecular weight excluding hydrogens is 404 g/mol. The van der Waals surface area contributed by atoms with Crippen LogP contribution >= 0.6 is 0 Å². The highest BCUT2D eigenvalue weighted by atomic mass is 16.4. The van der Waals surface area contributed by atoms with Crippen LogP contribution in [0.4, 0.5) is 0 Å². The van der Waals surface area contributed by atoms with Gasteiger partial charge in [0.25, 0.3) is 0 Å². The van der Waals surface area contributed by atoms with E-state index in [0.717, 1.165) is 0 Å². The molecule has 0 aromatic heterocycles. The van der Waals surface area contributed by atoms with E-state index in [1.807, 2.05) is 0 Å². The van der Waals surface area contributed by atoms with Gasteiger partial charge in [-0.25, -0.2) is 4.79 Å². The monoisotopic (exact) mass is 432 g/mol. The van der Waals surface area contributed by atoms with Gasteiger partial charge >= 0.3 is 17.9 Å². The molecule has 4 atom stereocenters. The largest absolute Gasteiger partial charge is 0.481 e. The molecule has 0 spiro atoms. The summed E-state index contributed by atoms with van der Waals surface area (Å²) in [7, 11) is 0. The number of carboxylic acid groups (broad SMARTS) is 3. The predicted octanol–water partition coefficient (Wildman–Crippen LogP) is -2.13. The van der Waals surface area contributed by atoms with Crippen molar-refractivity contribution in [2.45, 2.75) is 57.7 Å². The van der Waals surface area contributed by atoms with Gasteiger partial charge < -0.3 is 37.0 Å². The first kappa shape index (κ1) is 26.8. The second-order valence-corrected chi connectivity index (χ2v) is 6.63. The standard InChI is InChI=1S/C17H28N4O9/c1-3-8(2)14(16(28)20-10(17(29)30)6-13(25)26)21-15(27)9(4-5-12(23)24)19-11(22)7-18/h8-10,14H,3-7,18H2,1-2H3,(H,19,22)(H,20,28)(H,21,27)(H,23,24)(H,25,26)(H,29,30). The van der Waals surface area contributed by atoms with E-state index >= 15 is 0 Å². The predicted molar refractivity (Wildman–Crippen MR) is 101 cm³/mol. The van der Waals surface area contributed by atoms with Crippen LogP contribution in [0.2, 0.25) is 0 Å². The third kappa shape index (κ3) is 9.82. The van der Waals surface area contributed by atoms with E-state index in [2.05, 4.69) is 16.0 Å². The second kappa shape index (κ2) is 13.1. The third-order valence-electron chi connectivity index (χ3n) is 4.27. The van der Waals surface area contributed by atoms with E-state index in [-0.39, 0.29) is 6.42 Å². The molecule has 13 heteroatoms. The minimum Gasteiger partial charge on any atom is -0.481 e. The third-order valence-corrected chi connectivity index (χ3v) is 4.27. The lowest BCUT2D eigenvalue weighted by Crippen LogP contribution is -2.58. The van der Waals surface area contributed by atoms with Gasteiger partial charge in [0.1, 0.15) is 18.1 Å². The first-order chi connectivity index (χ1) is 13.9. The lowest BCUT2D eigenvalue weighted by Gasteiger charge is -2.27. The molecule has 0 radical (unpaired) electrons. The van der Waals surface area contributed by atoms with Crippen LogP contribution < -0.4 is 21.7 Å². The SMILES string of the molecule is CCC(C)C(NC(=O)C(CCC(=O)O)NC(=O)CN)C(=O)NC(CC(=O)O)C(=O)O. The van der Waals surface area contributed by atoms with Gasteiger partial charge in [-0.2, -0.15) is 0 Å². The van der Waals surface area contributed by atoms with Crippen LogP contribution in [0.25, 0.3) is 0 Å². The average molecular weight is 432 g/mol. The molecule has 0 rings (SSSR count). The van der Waals surface area contributed by atoms with Crippen molar-refractivity contribution in [3.63, 3.8) is 0 Å². The van der Waals surface area contributed by atoms with Crippen molar-refractivity contribution in [1.29, 1.82) is 0 Å². The lowest BCUT2D eigenvalue weighted by molar-refractivity contribution is -0.147. The highest BCUT2D eigenvalue weighted by Crippen LogP contribution is 2.10. The molecule has 0 fully saturated rings. The molecule has 30 heavy (non-hydrogen) atoms. The summed E-state index contributed by atoms with van der Waals surface area (Å²) in [6.45, 7) is 2.87. The summed E-state index contributed by atoms with van der Waals surface area (Å²) in [5.41, 5.74) is 5.19. The van der Waals surface area contributed by atoms with Gasteiger partial charge in [-0.15, -0.1) is 0 Å². The Morgan fingerprint density at radius 1 is 0.867 bits per heavy atom. The minimum absolute atomic E-state index is 0.265. The van der Waals surface area contributed by atoms with Crippen LogP contribution in [-0.2, 0) is 28.8 Å². The molecular formula is C17H28N4O9. The maximum Gasteiger partial charge on any atom is 0.326 e. The molecule has 0 heterocycles. The van der Waals surface area contributed by atoms with Gasteiger partial charge in [0.15, 0.2) is 0 Å². The topological polar surface area (TPSA) is 225 Å². The highest BCUT2D eigenvalue weighted by Gasteiger charge is 2.33. The Hall–Kier alpha value is -3.22. The molecule has 0 aliphatic rings. The first-order valence-electron chi connectivity index (χ1n) is 9.19. The molecule has 0 aromatic rings. The number of hydrogen-bond donors (Lipinski definition) is 7. The Kier molecular flexibility index (Phi) is 11.7. The lowest BCUT2D eigenvalue weighted by atomic mass is 9.97. The maximum absolute atomic E-state index is 12.6. The Morgan fingerprint density at radius 2 is 1.47 bits per heavy atom. The summed E-state index contributed by atoms with van der Waals surface area (Å²) in [6, 6.07) is -4.25. The average Bonchev–Trinajstić information content (AvgIpc) is 2.66. The fraction of sp³-hybridized carbons (Fsp3) is 0.647. The molecule has 0 aliphatic carbocycles. The molecule has 0 aromatic carbocycles. The van der Waals surface area contributed by atoms with Gasteiger partial charge in [-0.3, -0.25) is 24.0 Å². The molecule has 0 saturated heterocycles. The number of hydrogen-bond acceptors (Lipinski definition) is 7. The number of carbonyl (C=O) groups excluding carboxylic acids is 3. The number of rotatable bonds is 14. The van der Waals surface area contributed by atoms with E-state index in [4.69, 9.17) is 21.1 Å². The number of amides is 3. The molecule has 0 aliphatic heterocycles. The van der Waals surface area contributed by atoms with Gasteiger partial charge in [0, 0.05) is 6.42 Å². The van der Waals surface area contributed by atoms with Crippen LogP contribution in [0.3, 0.4) is 0 Å². The van der Waals surface area contributed by atoms with E-state index in [1.54, 1.807) is 13.8 Å². The Bertz CT molecular complexity index is 668. The maximum atomic E-state index is 12.6. The van der Waals surface area contributed by atoms with E-state index in [1.165, 1.54) is 0 Å². The van der Waals surface area contributed by atoms with Crippen molar-refractivity contribution >= 4 is 35.6 Å². The molecule has 13 nitrogen and oxygen atoms in total. The molecule has 170 valence electrons. The highest BCUT2D eigenvalue weighted by molar-refractivity contribution is 5.94. The summed E-state index contributed by atoms with van der Waals surface area (Å²) in [4.78, 5) is 69.5. The normalized spacial score (nSPS) is 14.5.